The first-order valence-electron chi connectivity index (χ1n) is 13.4. The fourth-order valence-corrected chi connectivity index (χ4v) is 6.48. The Bertz CT molecular complexity index is 1730. The van der Waals surface area contributed by atoms with Crippen LogP contribution in [0, 0.1) is 29.6 Å². The lowest BCUT2D eigenvalue weighted by Gasteiger charge is -2.43. The van der Waals surface area contributed by atoms with Crippen molar-refractivity contribution >= 4 is 23.3 Å². The van der Waals surface area contributed by atoms with Crippen LogP contribution in [0.3, 0.4) is 0 Å². The van der Waals surface area contributed by atoms with E-state index >= 15 is 0 Å². The molecule has 1 saturated heterocycles. The molecule has 2 aliphatic carbocycles. The summed E-state index contributed by atoms with van der Waals surface area (Å²) in [6.07, 6.45) is 2.73. The molecule has 2 bridgehead atoms. The minimum atomic E-state index is -1.56. The van der Waals surface area contributed by atoms with Gasteiger partial charge in [-0.05, 0) is 42.2 Å². The fourth-order valence-electron chi connectivity index (χ4n) is 6.48. The number of rotatable bonds is 4. The van der Waals surface area contributed by atoms with Crippen LogP contribution in [0.4, 0.5) is 10.5 Å². The zero-order chi connectivity index (χ0) is 29.3. The largest absolute Gasteiger partial charge is 0.507 e. The van der Waals surface area contributed by atoms with Crippen LogP contribution in [-0.2, 0) is 21.5 Å². The topological polar surface area (TPSA) is 117 Å². The molecule has 1 amide bonds. The normalized spacial score (nSPS) is 27.1. The minimum Gasteiger partial charge on any atom is -0.507 e. The second-order valence-electron chi connectivity index (χ2n) is 10.7. The highest BCUT2D eigenvalue weighted by molar-refractivity contribution is 6.32. The Hall–Kier alpha value is -4.63. The Balaban J connectivity index is 1.74. The summed E-state index contributed by atoms with van der Waals surface area (Å²) < 4.78 is 12.0. The van der Waals surface area contributed by atoms with Gasteiger partial charge in [0.15, 0.2) is 23.3 Å². The van der Waals surface area contributed by atoms with Gasteiger partial charge in [-0.15, -0.1) is 0 Å². The number of hydrogen-bond donors (Lipinski definition) is 2. The molecule has 2 aromatic rings. The van der Waals surface area contributed by atoms with Crippen LogP contribution in [0.1, 0.15) is 63.7 Å². The number of aryl methyl sites for hydroxylation is 1. The number of ether oxygens (including phenoxy) is 2. The highest BCUT2D eigenvalue weighted by Crippen LogP contribution is 2.70. The Morgan fingerprint density at radius 2 is 1.85 bits per heavy atom. The van der Waals surface area contributed by atoms with E-state index in [1.54, 1.807) is 18.2 Å². The van der Waals surface area contributed by atoms with Gasteiger partial charge in [0.1, 0.15) is 24.0 Å². The average molecular weight is 550 g/mol. The number of phenolic OH excluding ortho intramolecular Hbond substituents is 1. The Labute approximate surface area is 237 Å². The number of phenols is 1. The van der Waals surface area contributed by atoms with Crippen molar-refractivity contribution < 1.29 is 34.1 Å². The molecule has 6 rings (SSSR count). The van der Waals surface area contributed by atoms with Crippen LogP contribution < -0.4 is 4.90 Å². The fraction of sp³-hybridized carbons (Fsp3) is 0.303. The predicted octanol–water partition coefficient (Wildman–Crippen LogP) is 3.80. The molecule has 0 radical (unpaired) electrons. The molecule has 4 atom stereocenters. The number of nitrogens with zero attached hydrogens (tertiary/aromatic N) is 1. The number of allylic oxidation sites excluding steroid dienone is 2. The average Bonchev–Trinajstić information content (AvgIpc) is 3.69. The number of benzene rings is 2. The molecule has 2 aromatic carbocycles. The van der Waals surface area contributed by atoms with Gasteiger partial charge in [0, 0.05) is 16.7 Å². The van der Waals surface area contributed by atoms with Crippen LogP contribution in [0.15, 0.2) is 49.1 Å². The van der Waals surface area contributed by atoms with Crippen molar-refractivity contribution in [2.45, 2.75) is 50.5 Å². The maximum Gasteiger partial charge on any atom is 0.415 e. The van der Waals surface area contributed by atoms with Gasteiger partial charge in [0.25, 0.3) is 0 Å². The highest BCUT2D eigenvalue weighted by atomic mass is 16.6. The van der Waals surface area contributed by atoms with Gasteiger partial charge in [-0.25, -0.2) is 4.79 Å². The quantitative estimate of drug-likeness (QED) is 0.289. The third-order valence-corrected chi connectivity index (χ3v) is 8.34. The van der Waals surface area contributed by atoms with Crippen LogP contribution in [0.2, 0.25) is 0 Å². The minimum absolute atomic E-state index is 0.00348. The molecule has 0 saturated carbocycles. The number of fused-ring (bicyclic) bond motifs is 4. The number of amides is 1. The first kappa shape index (κ1) is 26.6. The van der Waals surface area contributed by atoms with E-state index in [2.05, 4.69) is 30.3 Å². The van der Waals surface area contributed by atoms with E-state index in [-0.39, 0.29) is 46.0 Å². The molecule has 2 aliphatic heterocycles. The molecule has 41 heavy (non-hydrogen) atoms. The van der Waals surface area contributed by atoms with Gasteiger partial charge in [-0.2, -0.15) is 0 Å². The van der Waals surface area contributed by atoms with E-state index in [4.69, 9.17) is 9.47 Å². The maximum atomic E-state index is 14.3. The molecule has 0 aromatic heterocycles. The van der Waals surface area contributed by atoms with Crippen molar-refractivity contribution in [3.05, 3.63) is 82.5 Å². The molecular weight excluding hydrogens is 522 g/mol. The zero-order valence-corrected chi connectivity index (χ0v) is 22.8. The second-order valence-corrected chi connectivity index (χ2v) is 10.7. The monoisotopic (exact) mass is 549 g/mol. The zero-order valence-electron chi connectivity index (χ0n) is 22.8. The van der Waals surface area contributed by atoms with E-state index in [1.165, 1.54) is 29.2 Å². The molecule has 206 valence electrons. The molecule has 0 spiro atoms. The molecule has 1 fully saturated rings. The van der Waals surface area contributed by atoms with Crippen molar-refractivity contribution in [3.63, 3.8) is 0 Å². The van der Waals surface area contributed by atoms with Gasteiger partial charge in [0.05, 0.1) is 16.8 Å². The Morgan fingerprint density at radius 1 is 1.15 bits per heavy atom. The third kappa shape index (κ3) is 3.35. The smallest absolute Gasteiger partial charge is 0.415 e. The van der Waals surface area contributed by atoms with Crippen molar-refractivity contribution in [1.82, 2.24) is 0 Å². The summed E-state index contributed by atoms with van der Waals surface area (Å²) in [5.74, 6) is 9.63. The molecule has 2 N–H and O–H groups in total. The first-order valence-corrected chi connectivity index (χ1v) is 13.4. The number of aliphatic hydroxyl groups is 1. The van der Waals surface area contributed by atoms with E-state index in [9.17, 15) is 24.6 Å². The summed E-state index contributed by atoms with van der Waals surface area (Å²) in [6, 6.07) is 5.24. The van der Waals surface area contributed by atoms with Crippen molar-refractivity contribution in [2.75, 3.05) is 11.5 Å². The van der Waals surface area contributed by atoms with Crippen LogP contribution >= 0.6 is 0 Å². The summed E-state index contributed by atoms with van der Waals surface area (Å²) in [7, 11) is 0. The van der Waals surface area contributed by atoms with Gasteiger partial charge in [0.2, 0.25) is 0 Å². The van der Waals surface area contributed by atoms with Crippen molar-refractivity contribution in [1.29, 1.82) is 0 Å². The molecular formula is C33H27NO7. The molecule has 8 nitrogen and oxygen atoms in total. The molecule has 2 heterocycles. The lowest BCUT2D eigenvalue weighted by molar-refractivity contribution is 0.0974. The van der Waals surface area contributed by atoms with E-state index in [0.29, 0.717) is 6.42 Å². The standard InChI is InChI=1S/C33H27NO7/c1-5-15-40-31(39)34-24-11-9-7-8-10-12-25(36)33(32(24,41-33)18(3)4)22-17-23(35)26-27(28(22)34)30(38)21-16-19(6-2)13-14-20(21)29(26)37/h5,7-8,13-14,16-18,24-25,35-36H,1,6,15H2,2-4H3/b8-7-/t24-,25-,32-,33-/m0/s1. The van der Waals surface area contributed by atoms with Gasteiger partial charge < -0.3 is 19.7 Å². The highest BCUT2D eigenvalue weighted by Gasteiger charge is 2.83. The Kier molecular flexibility index (Phi) is 5.97. The van der Waals surface area contributed by atoms with Gasteiger partial charge in [-0.3, -0.25) is 14.5 Å². The molecule has 8 heteroatoms. The van der Waals surface area contributed by atoms with E-state index < -0.39 is 46.8 Å². The maximum absolute atomic E-state index is 14.3. The van der Waals surface area contributed by atoms with Crippen molar-refractivity contribution in [3.8, 4) is 29.4 Å². The first-order chi connectivity index (χ1) is 19.6. The summed E-state index contributed by atoms with van der Waals surface area (Å²) in [6.45, 7) is 9.15. The number of hydrogen-bond acceptors (Lipinski definition) is 7. The van der Waals surface area contributed by atoms with E-state index in [0.717, 1.165) is 5.56 Å². The van der Waals surface area contributed by atoms with Crippen molar-refractivity contribution in [2.24, 2.45) is 5.92 Å². The lowest BCUT2D eigenvalue weighted by atomic mass is 9.67. The van der Waals surface area contributed by atoms with E-state index in [1.807, 2.05) is 20.8 Å². The SMILES string of the molecule is C=CCOC(=O)N1c2c(cc(O)c3c2C(=O)c2cc(CC)ccc2C3=O)[C@@]23O[C@@]2(C(C)C)[C@@H]1C#C/C=C\C#C[C@@H]3O. The van der Waals surface area contributed by atoms with Crippen LogP contribution in [-0.4, -0.2) is 52.2 Å². The van der Waals surface area contributed by atoms with Crippen LogP contribution in [0.25, 0.3) is 0 Å². The second kappa shape index (κ2) is 9.21. The number of carbonyl (C=O) groups excluding carboxylic acids is 3. The summed E-state index contributed by atoms with van der Waals surface area (Å²) in [5, 5.41) is 22.9. The third-order valence-electron chi connectivity index (χ3n) is 8.34. The summed E-state index contributed by atoms with van der Waals surface area (Å²) in [5.41, 5.74) is -1.95. The predicted molar refractivity (Wildman–Crippen MR) is 150 cm³/mol. The number of carbonyl (C=O) groups is 3. The summed E-state index contributed by atoms with van der Waals surface area (Å²) in [4.78, 5) is 43.2. The number of ketones is 2. The van der Waals surface area contributed by atoms with Gasteiger partial charge in [-0.1, -0.05) is 69.2 Å². The Morgan fingerprint density at radius 3 is 2.54 bits per heavy atom. The molecule has 0 unspecified atom stereocenters. The molecule has 4 aliphatic rings. The number of aromatic hydroxyl groups is 1. The number of aliphatic hydroxyl groups excluding tert-OH is 1. The number of anilines is 1. The van der Waals surface area contributed by atoms with Crippen LogP contribution in [0.5, 0.6) is 5.75 Å². The van der Waals surface area contributed by atoms with Gasteiger partial charge >= 0.3 is 6.09 Å². The lowest BCUT2D eigenvalue weighted by Crippen LogP contribution is -2.59. The number of epoxide rings is 1. The summed E-state index contributed by atoms with van der Waals surface area (Å²) >= 11 is 0.